The number of nitrogens with zero attached hydrogens (tertiary/aromatic N) is 1. The van der Waals surface area contributed by atoms with Gasteiger partial charge in [0.2, 0.25) is 0 Å². The van der Waals surface area contributed by atoms with Gasteiger partial charge in [0, 0.05) is 12.1 Å². The van der Waals surface area contributed by atoms with E-state index in [1.807, 2.05) is 6.07 Å². The van der Waals surface area contributed by atoms with E-state index in [1.165, 1.54) is 5.56 Å². The monoisotopic (exact) mass is 221 g/mol. The molecule has 1 heterocycles. The second-order valence-corrected chi connectivity index (χ2v) is 4.18. The van der Waals surface area contributed by atoms with Gasteiger partial charge in [-0.25, -0.2) is 0 Å². The summed E-state index contributed by atoms with van der Waals surface area (Å²) in [6.07, 6.45) is 1.01. The summed E-state index contributed by atoms with van der Waals surface area (Å²) in [5.41, 5.74) is 1.20. The molecule has 1 unspecified atom stereocenters. The molecule has 1 N–H and O–H groups in total. The predicted molar refractivity (Wildman–Crippen MR) is 64.0 cm³/mol. The van der Waals surface area contributed by atoms with Crippen molar-refractivity contribution in [2.45, 2.75) is 26.3 Å². The molecule has 16 heavy (non-hydrogen) atoms. The Morgan fingerprint density at radius 1 is 1.38 bits per heavy atom. The maximum Gasteiger partial charge on any atom is 0.126 e. The van der Waals surface area contributed by atoms with Crippen LogP contribution in [0, 0.1) is 0 Å². The van der Waals surface area contributed by atoms with E-state index in [4.69, 9.17) is 4.74 Å². The molecule has 0 fully saturated rings. The Morgan fingerprint density at radius 2 is 2.12 bits per heavy atom. The van der Waals surface area contributed by atoms with Crippen LogP contribution in [0.5, 0.6) is 11.5 Å². The topological polar surface area (TPSA) is 32.7 Å². The van der Waals surface area contributed by atoms with Crippen LogP contribution in [0.4, 0.5) is 0 Å². The van der Waals surface area contributed by atoms with Crippen LogP contribution in [0.3, 0.4) is 0 Å². The first-order valence-corrected chi connectivity index (χ1v) is 5.93. The van der Waals surface area contributed by atoms with Gasteiger partial charge < -0.3 is 9.84 Å². The van der Waals surface area contributed by atoms with E-state index in [1.54, 1.807) is 12.1 Å². The SMILES string of the molecule is CCN(CC)C1COc2cc(O)ccc2C1. The zero-order chi connectivity index (χ0) is 11.5. The van der Waals surface area contributed by atoms with Gasteiger partial charge in [-0.3, -0.25) is 4.90 Å². The number of phenolic OH excluding ortho intramolecular Hbond substituents is 1. The molecule has 3 nitrogen and oxygen atoms in total. The van der Waals surface area contributed by atoms with Crippen molar-refractivity contribution in [3.63, 3.8) is 0 Å². The van der Waals surface area contributed by atoms with E-state index in [0.29, 0.717) is 6.04 Å². The first kappa shape index (κ1) is 11.3. The summed E-state index contributed by atoms with van der Waals surface area (Å²) in [4.78, 5) is 2.41. The summed E-state index contributed by atoms with van der Waals surface area (Å²) in [6, 6.07) is 5.85. The Morgan fingerprint density at radius 3 is 2.81 bits per heavy atom. The van der Waals surface area contributed by atoms with Crippen molar-refractivity contribution < 1.29 is 9.84 Å². The normalized spacial score (nSPS) is 19.3. The average Bonchev–Trinajstić information content (AvgIpc) is 2.31. The number of phenols is 1. The van der Waals surface area contributed by atoms with E-state index in [2.05, 4.69) is 18.7 Å². The van der Waals surface area contributed by atoms with Crippen LogP contribution in [-0.4, -0.2) is 35.7 Å². The molecule has 1 aliphatic heterocycles. The minimum Gasteiger partial charge on any atom is -0.508 e. The van der Waals surface area contributed by atoms with Crippen molar-refractivity contribution in [1.29, 1.82) is 0 Å². The van der Waals surface area contributed by atoms with Crippen molar-refractivity contribution in [2.24, 2.45) is 0 Å². The van der Waals surface area contributed by atoms with E-state index in [9.17, 15) is 5.11 Å². The highest BCUT2D eigenvalue weighted by Crippen LogP contribution is 2.29. The number of aromatic hydroxyl groups is 1. The van der Waals surface area contributed by atoms with Gasteiger partial charge in [-0.15, -0.1) is 0 Å². The van der Waals surface area contributed by atoms with Gasteiger partial charge in [0.25, 0.3) is 0 Å². The number of hydrogen-bond acceptors (Lipinski definition) is 3. The Labute approximate surface area is 96.6 Å². The number of ether oxygens (including phenoxy) is 1. The van der Waals surface area contributed by atoms with Gasteiger partial charge in [-0.1, -0.05) is 19.9 Å². The summed E-state index contributed by atoms with van der Waals surface area (Å²) >= 11 is 0. The standard InChI is InChI=1S/C13H19NO2/c1-3-14(4-2)11-7-10-5-6-12(15)8-13(10)16-9-11/h5-6,8,11,15H,3-4,7,9H2,1-2H3. The zero-order valence-corrected chi connectivity index (χ0v) is 9.94. The molecule has 0 spiro atoms. The highest BCUT2D eigenvalue weighted by Gasteiger charge is 2.23. The molecule has 0 radical (unpaired) electrons. The fourth-order valence-corrected chi connectivity index (χ4v) is 2.32. The summed E-state index contributed by atoms with van der Waals surface area (Å²) in [7, 11) is 0. The van der Waals surface area contributed by atoms with Gasteiger partial charge in [0.15, 0.2) is 0 Å². The maximum absolute atomic E-state index is 9.37. The second kappa shape index (κ2) is 4.74. The highest BCUT2D eigenvalue weighted by molar-refractivity contribution is 5.41. The van der Waals surface area contributed by atoms with Crippen LogP contribution in [0.2, 0.25) is 0 Å². The second-order valence-electron chi connectivity index (χ2n) is 4.18. The van der Waals surface area contributed by atoms with Crippen LogP contribution in [0.1, 0.15) is 19.4 Å². The Hall–Kier alpha value is -1.22. The van der Waals surface area contributed by atoms with Crippen LogP contribution in [0.15, 0.2) is 18.2 Å². The van der Waals surface area contributed by atoms with Crippen molar-refractivity contribution in [1.82, 2.24) is 4.90 Å². The minimum absolute atomic E-state index is 0.278. The van der Waals surface area contributed by atoms with E-state index in [0.717, 1.165) is 31.9 Å². The lowest BCUT2D eigenvalue weighted by molar-refractivity contribution is 0.129. The molecule has 2 rings (SSSR count). The number of benzene rings is 1. The van der Waals surface area contributed by atoms with Crippen molar-refractivity contribution >= 4 is 0 Å². The van der Waals surface area contributed by atoms with Crippen molar-refractivity contribution in [2.75, 3.05) is 19.7 Å². The van der Waals surface area contributed by atoms with Crippen molar-refractivity contribution in [3.05, 3.63) is 23.8 Å². The molecule has 0 saturated heterocycles. The first-order valence-electron chi connectivity index (χ1n) is 5.93. The van der Waals surface area contributed by atoms with Crippen LogP contribution in [0.25, 0.3) is 0 Å². The summed E-state index contributed by atoms with van der Waals surface area (Å²) in [5.74, 6) is 1.11. The van der Waals surface area contributed by atoms with Gasteiger partial charge >= 0.3 is 0 Å². The molecule has 0 aliphatic carbocycles. The van der Waals surface area contributed by atoms with Crippen LogP contribution in [-0.2, 0) is 6.42 Å². The zero-order valence-electron chi connectivity index (χ0n) is 9.94. The third kappa shape index (κ3) is 2.14. The molecule has 88 valence electrons. The lowest BCUT2D eigenvalue weighted by atomic mass is 10.0. The van der Waals surface area contributed by atoms with E-state index < -0.39 is 0 Å². The Bertz CT molecular complexity index is 361. The third-order valence-electron chi connectivity index (χ3n) is 3.27. The maximum atomic E-state index is 9.37. The quantitative estimate of drug-likeness (QED) is 0.847. The highest BCUT2D eigenvalue weighted by atomic mass is 16.5. The van der Waals surface area contributed by atoms with Gasteiger partial charge in [0.1, 0.15) is 18.1 Å². The Kier molecular flexibility index (Phi) is 3.34. The van der Waals surface area contributed by atoms with Gasteiger partial charge in [-0.05, 0) is 31.1 Å². The summed E-state index contributed by atoms with van der Waals surface area (Å²) in [5, 5.41) is 9.37. The molecule has 1 aromatic carbocycles. The molecular formula is C13H19NO2. The van der Waals surface area contributed by atoms with Crippen LogP contribution >= 0.6 is 0 Å². The summed E-state index contributed by atoms with van der Waals surface area (Å²) in [6.45, 7) is 7.18. The lowest BCUT2D eigenvalue weighted by Gasteiger charge is -2.33. The molecule has 0 amide bonds. The molecule has 1 aromatic rings. The third-order valence-corrected chi connectivity index (χ3v) is 3.27. The predicted octanol–water partition coefficient (Wildman–Crippen LogP) is 2.04. The summed E-state index contributed by atoms with van der Waals surface area (Å²) < 4.78 is 5.70. The lowest BCUT2D eigenvalue weighted by Crippen LogP contribution is -2.42. The Balaban J connectivity index is 2.14. The van der Waals surface area contributed by atoms with Crippen molar-refractivity contribution in [3.8, 4) is 11.5 Å². The number of likely N-dealkylation sites (N-methyl/N-ethyl adjacent to an activating group) is 1. The first-order chi connectivity index (χ1) is 7.74. The van der Waals surface area contributed by atoms with E-state index >= 15 is 0 Å². The number of fused-ring (bicyclic) bond motifs is 1. The molecule has 1 aliphatic rings. The molecule has 3 heteroatoms. The van der Waals surface area contributed by atoms with Crippen LogP contribution < -0.4 is 4.74 Å². The molecule has 1 atom stereocenters. The number of hydrogen-bond donors (Lipinski definition) is 1. The largest absolute Gasteiger partial charge is 0.508 e. The average molecular weight is 221 g/mol. The molecule has 0 aromatic heterocycles. The van der Waals surface area contributed by atoms with E-state index in [-0.39, 0.29) is 5.75 Å². The fraction of sp³-hybridized carbons (Fsp3) is 0.538. The minimum atomic E-state index is 0.278. The molecule has 0 saturated carbocycles. The van der Waals surface area contributed by atoms with Gasteiger partial charge in [-0.2, -0.15) is 0 Å². The number of rotatable bonds is 3. The molecular weight excluding hydrogens is 202 g/mol. The smallest absolute Gasteiger partial charge is 0.126 e. The fourth-order valence-electron chi connectivity index (χ4n) is 2.32. The van der Waals surface area contributed by atoms with Gasteiger partial charge in [0.05, 0.1) is 0 Å². The molecule has 0 bridgehead atoms.